The molecule has 1 saturated carbocycles. The molecule has 0 aromatic rings. The van der Waals surface area contributed by atoms with Crippen molar-refractivity contribution in [3.05, 3.63) is 36.5 Å². The summed E-state index contributed by atoms with van der Waals surface area (Å²) in [6.07, 6.45) is 32.1. The molecule has 0 aromatic carbocycles. The van der Waals surface area contributed by atoms with Crippen LogP contribution in [-0.2, 0) is 27.9 Å². The van der Waals surface area contributed by atoms with Crippen molar-refractivity contribution in [3.63, 3.8) is 0 Å². The molecule has 60 heavy (non-hydrogen) atoms. The van der Waals surface area contributed by atoms with Crippen molar-refractivity contribution in [2.75, 3.05) is 19.8 Å². The summed E-state index contributed by atoms with van der Waals surface area (Å²) >= 11 is 0. The number of carbonyl (C=O) groups is 1. The van der Waals surface area contributed by atoms with Crippen molar-refractivity contribution < 1.29 is 58.3 Å². The van der Waals surface area contributed by atoms with Gasteiger partial charge in [0, 0.05) is 13.0 Å². The van der Waals surface area contributed by atoms with Gasteiger partial charge in [0.1, 0.15) is 42.7 Å². The average molecular weight is 875 g/mol. The van der Waals surface area contributed by atoms with E-state index in [-0.39, 0.29) is 13.0 Å². The number of aliphatic hydroxyl groups is 5. The average Bonchev–Trinajstić information content (AvgIpc) is 3.23. The van der Waals surface area contributed by atoms with Gasteiger partial charge in [0.25, 0.3) is 0 Å². The van der Waals surface area contributed by atoms with Crippen LogP contribution in [0.15, 0.2) is 36.5 Å². The maximum absolute atomic E-state index is 12.8. The van der Waals surface area contributed by atoms with Crippen molar-refractivity contribution in [2.45, 2.75) is 236 Å². The number of esters is 1. The highest BCUT2D eigenvalue weighted by molar-refractivity contribution is 7.47. The van der Waals surface area contributed by atoms with Crippen LogP contribution in [0.3, 0.4) is 0 Å². The maximum Gasteiger partial charge on any atom is 0.472 e. The molecule has 6 unspecified atom stereocenters. The van der Waals surface area contributed by atoms with E-state index in [1.54, 1.807) is 0 Å². The molecule has 13 heteroatoms. The fraction of sp³-hybridized carbons (Fsp3) is 0.851. The second-order valence-corrected chi connectivity index (χ2v) is 18.0. The molecule has 0 aromatic heterocycles. The summed E-state index contributed by atoms with van der Waals surface area (Å²) in [5.41, 5.74) is 0. The topological polar surface area (TPSA) is 192 Å². The number of carbonyl (C=O) groups excluding carboxylic acids is 1. The molecule has 352 valence electrons. The van der Waals surface area contributed by atoms with Gasteiger partial charge in [0.15, 0.2) is 0 Å². The maximum atomic E-state index is 12.8. The lowest BCUT2D eigenvalue weighted by Crippen LogP contribution is -2.64. The molecule has 12 nitrogen and oxygen atoms in total. The van der Waals surface area contributed by atoms with Gasteiger partial charge in [0.2, 0.25) is 0 Å². The number of aliphatic hydroxyl groups excluding tert-OH is 5. The van der Waals surface area contributed by atoms with E-state index >= 15 is 0 Å². The zero-order valence-corrected chi connectivity index (χ0v) is 38.4. The lowest BCUT2D eigenvalue weighted by Gasteiger charge is -2.41. The minimum absolute atomic E-state index is 0.0848. The minimum Gasteiger partial charge on any atom is -0.457 e. The highest BCUT2D eigenvalue weighted by atomic mass is 31.2. The van der Waals surface area contributed by atoms with Crippen LogP contribution >= 0.6 is 7.82 Å². The number of rotatable bonds is 40. The minimum atomic E-state index is -5.02. The standard InChI is InChI=1S/C47H87O12P/c1-3-5-7-9-11-13-15-17-19-20-21-22-24-26-28-30-32-34-36-41(48)58-40(39-57-60(54,55)59-47-45(52)43(50)42(49)44(51)46(47)53)38-56-37-35-33-31-29-27-25-23-18-16-14-12-10-8-6-4-2/h10,12,16,18-20,40,42-47,49-53H,3-9,11,13-15,17,21-39H2,1-2H3,(H,54,55)/b12-10-,18-16-,20-19-. The van der Waals surface area contributed by atoms with Gasteiger partial charge in [-0.25, -0.2) is 4.57 Å². The summed E-state index contributed by atoms with van der Waals surface area (Å²) in [4.78, 5) is 23.2. The summed E-state index contributed by atoms with van der Waals surface area (Å²) in [5.74, 6) is -0.485. The Morgan fingerprint density at radius 3 is 1.47 bits per heavy atom. The van der Waals surface area contributed by atoms with Crippen LogP contribution in [0.25, 0.3) is 0 Å². The second-order valence-electron chi connectivity index (χ2n) is 16.6. The zero-order chi connectivity index (χ0) is 44.1. The molecule has 0 heterocycles. The third-order valence-electron chi connectivity index (χ3n) is 11.0. The van der Waals surface area contributed by atoms with E-state index in [4.69, 9.17) is 18.5 Å². The molecular weight excluding hydrogens is 787 g/mol. The Morgan fingerprint density at radius 2 is 0.950 bits per heavy atom. The number of phosphoric acid groups is 1. The largest absolute Gasteiger partial charge is 0.472 e. The molecule has 6 atom stereocenters. The third kappa shape index (κ3) is 29.8. The molecular formula is C47H87O12P. The van der Waals surface area contributed by atoms with Crippen molar-refractivity contribution >= 4 is 13.8 Å². The van der Waals surface area contributed by atoms with E-state index in [1.807, 2.05) is 0 Å². The van der Waals surface area contributed by atoms with Crippen LogP contribution in [0.1, 0.15) is 194 Å². The van der Waals surface area contributed by atoms with Crippen LogP contribution in [-0.4, -0.2) is 98.9 Å². The molecule has 0 bridgehead atoms. The molecule has 1 fully saturated rings. The van der Waals surface area contributed by atoms with Gasteiger partial charge >= 0.3 is 13.8 Å². The van der Waals surface area contributed by atoms with Crippen molar-refractivity contribution in [3.8, 4) is 0 Å². The van der Waals surface area contributed by atoms with E-state index < -0.39 is 63.1 Å². The number of phosphoric ester groups is 1. The lowest BCUT2D eigenvalue weighted by atomic mass is 9.85. The lowest BCUT2D eigenvalue weighted by molar-refractivity contribution is -0.220. The Labute approximate surface area is 363 Å². The monoisotopic (exact) mass is 875 g/mol. The van der Waals surface area contributed by atoms with Crippen molar-refractivity contribution in [2.24, 2.45) is 0 Å². The van der Waals surface area contributed by atoms with Gasteiger partial charge in [-0.3, -0.25) is 13.8 Å². The number of allylic oxidation sites excluding steroid dienone is 6. The van der Waals surface area contributed by atoms with Gasteiger partial charge in [-0.1, -0.05) is 159 Å². The molecule has 1 aliphatic carbocycles. The van der Waals surface area contributed by atoms with E-state index in [1.165, 1.54) is 89.9 Å². The fourth-order valence-electron chi connectivity index (χ4n) is 7.13. The van der Waals surface area contributed by atoms with Gasteiger partial charge < -0.3 is 39.9 Å². The molecule has 6 N–H and O–H groups in total. The van der Waals surface area contributed by atoms with Crippen LogP contribution in [0, 0.1) is 0 Å². The number of ether oxygens (including phenoxy) is 2. The van der Waals surface area contributed by atoms with E-state index in [9.17, 15) is 39.8 Å². The summed E-state index contributed by atoms with van der Waals surface area (Å²) in [6, 6.07) is 0. The fourth-order valence-corrected chi connectivity index (χ4v) is 8.10. The first-order valence-corrected chi connectivity index (χ1v) is 25.3. The number of hydrogen-bond acceptors (Lipinski definition) is 11. The van der Waals surface area contributed by atoms with Gasteiger partial charge in [0.05, 0.1) is 13.2 Å². The predicted molar refractivity (Wildman–Crippen MR) is 239 cm³/mol. The van der Waals surface area contributed by atoms with Crippen molar-refractivity contribution in [1.29, 1.82) is 0 Å². The summed E-state index contributed by atoms with van der Waals surface area (Å²) < 4.78 is 34.2. The number of hydrogen-bond donors (Lipinski definition) is 6. The van der Waals surface area contributed by atoms with Crippen LogP contribution in [0.5, 0.6) is 0 Å². The summed E-state index contributed by atoms with van der Waals surface area (Å²) in [5, 5.41) is 50.2. The normalized spacial score (nSPS) is 22.6. The first-order valence-electron chi connectivity index (χ1n) is 23.8. The molecule has 0 radical (unpaired) electrons. The zero-order valence-electron chi connectivity index (χ0n) is 37.5. The molecule has 0 saturated heterocycles. The smallest absolute Gasteiger partial charge is 0.457 e. The molecule has 1 aliphatic rings. The Kier molecular flexibility index (Phi) is 35.9. The second kappa shape index (κ2) is 38.1. The predicted octanol–water partition coefficient (Wildman–Crippen LogP) is 9.87. The summed E-state index contributed by atoms with van der Waals surface area (Å²) in [7, 11) is -5.02. The quantitative estimate of drug-likeness (QED) is 0.0148. The Morgan fingerprint density at radius 1 is 0.533 bits per heavy atom. The molecule has 1 rings (SSSR count). The SMILES string of the molecule is CCCC/C=C\C/C=C\CCCCCCCCOCC(COP(=O)(O)OC1C(O)C(O)C(O)C(O)C1O)OC(=O)CCCCCCCCC/C=C\CCCCCCCCC. The molecule has 0 aliphatic heterocycles. The highest BCUT2D eigenvalue weighted by Gasteiger charge is 2.51. The van der Waals surface area contributed by atoms with Crippen LogP contribution in [0.2, 0.25) is 0 Å². The van der Waals surface area contributed by atoms with Gasteiger partial charge in [-0.05, 0) is 64.2 Å². The molecule has 0 amide bonds. The molecule has 0 spiro atoms. The van der Waals surface area contributed by atoms with E-state index in [0.717, 1.165) is 77.0 Å². The number of unbranched alkanes of at least 4 members (excludes halogenated alkanes) is 22. The van der Waals surface area contributed by atoms with Gasteiger partial charge in [-0.2, -0.15) is 0 Å². The summed E-state index contributed by atoms with van der Waals surface area (Å²) in [6.45, 7) is 4.20. The third-order valence-corrected chi connectivity index (χ3v) is 12.0. The van der Waals surface area contributed by atoms with Gasteiger partial charge in [-0.15, -0.1) is 0 Å². The first kappa shape index (κ1) is 56.6. The van der Waals surface area contributed by atoms with E-state index in [2.05, 4.69) is 50.3 Å². The van der Waals surface area contributed by atoms with E-state index in [0.29, 0.717) is 13.0 Å². The van der Waals surface area contributed by atoms with Crippen LogP contribution in [0.4, 0.5) is 0 Å². The highest BCUT2D eigenvalue weighted by Crippen LogP contribution is 2.47. The first-order chi connectivity index (χ1) is 29.0. The Bertz CT molecular complexity index is 1130. The van der Waals surface area contributed by atoms with Crippen molar-refractivity contribution in [1.82, 2.24) is 0 Å². The Hall–Kier alpha value is -1.44. The van der Waals surface area contributed by atoms with Crippen LogP contribution < -0.4 is 0 Å². The Balaban J connectivity index is 2.39.